The molecule has 25 heavy (non-hydrogen) atoms. The monoisotopic (exact) mass is 354 g/mol. The van der Waals surface area contributed by atoms with Crippen molar-refractivity contribution in [2.45, 2.75) is 70.4 Å². The van der Waals surface area contributed by atoms with E-state index in [9.17, 15) is 0 Å². The topological polar surface area (TPSA) is 66.4 Å². The largest absolute Gasteiger partial charge is 0.392 e. The predicted octanol–water partition coefficient (Wildman–Crippen LogP) is 2.76. The summed E-state index contributed by atoms with van der Waals surface area (Å²) >= 11 is 0. The SMILES string of the molecule is C[C@H]1[C@@H](OC/C=C\CO)O[C@@H]2O[C@@]3(C)CC[C@H]4[C@H](C)CC[C@@H]1[C@@]24OO3. The first-order valence-corrected chi connectivity index (χ1v) is 9.58. The van der Waals surface area contributed by atoms with E-state index in [0.29, 0.717) is 18.4 Å². The van der Waals surface area contributed by atoms with Crippen LogP contribution in [0.15, 0.2) is 12.2 Å². The molecule has 6 nitrogen and oxygen atoms in total. The molecule has 5 fully saturated rings. The molecular weight excluding hydrogens is 324 g/mol. The Kier molecular flexibility index (Phi) is 4.71. The van der Waals surface area contributed by atoms with Crippen LogP contribution < -0.4 is 0 Å². The molecule has 1 spiro atoms. The van der Waals surface area contributed by atoms with Crippen molar-refractivity contribution in [3.05, 3.63) is 12.2 Å². The Hall–Kier alpha value is -0.500. The van der Waals surface area contributed by atoms with Crippen LogP contribution in [0.3, 0.4) is 0 Å². The first-order chi connectivity index (χ1) is 12.0. The summed E-state index contributed by atoms with van der Waals surface area (Å²) in [6.07, 6.45) is 6.78. The lowest BCUT2D eigenvalue weighted by Crippen LogP contribution is -2.70. The molecule has 1 aliphatic carbocycles. The van der Waals surface area contributed by atoms with Crippen LogP contribution in [0.5, 0.6) is 0 Å². The summed E-state index contributed by atoms with van der Waals surface area (Å²) in [6, 6.07) is 0. The van der Waals surface area contributed by atoms with Gasteiger partial charge in [0.15, 0.2) is 18.2 Å². The average molecular weight is 354 g/mol. The molecule has 5 aliphatic rings. The minimum Gasteiger partial charge on any atom is -0.392 e. The fraction of sp³-hybridized carbons (Fsp3) is 0.895. The van der Waals surface area contributed by atoms with E-state index in [4.69, 9.17) is 29.1 Å². The third-order valence-electron chi connectivity index (χ3n) is 6.73. The van der Waals surface area contributed by atoms with Crippen molar-refractivity contribution in [2.24, 2.45) is 23.7 Å². The molecule has 0 radical (unpaired) electrons. The number of aliphatic hydroxyl groups excluding tert-OH is 1. The highest BCUT2D eigenvalue weighted by Crippen LogP contribution is 2.60. The molecule has 4 saturated heterocycles. The molecular formula is C19H30O6. The van der Waals surface area contributed by atoms with E-state index in [2.05, 4.69) is 13.8 Å². The molecule has 8 atom stereocenters. The van der Waals surface area contributed by atoms with E-state index >= 15 is 0 Å². The van der Waals surface area contributed by atoms with Gasteiger partial charge in [0.2, 0.25) is 5.79 Å². The van der Waals surface area contributed by atoms with Gasteiger partial charge in [-0.1, -0.05) is 26.0 Å². The van der Waals surface area contributed by atoms with Crippen molar-refractivity contribution >= 4 is 0 Å². The van der Waals surface area contributed by atoms with Gasteiger partial charge in [0, 0.05) is 18.3 Å². The highest BCUT2D eigenvalue weighted by molar-refractivity contribution is 5.09. The molecule has 2 bridgehead atoms. The number of rotatable bonds is 4. The molecule has 6 heteroatoms. The van der Waals surface area contributed by atoms with E-state index in [1.807, 2.05) is 13.0 Å². The number of fused-ring (bicyclic) bond motifs is 2. The molecule has 0 aromatic rings. The average Bonchev–Trinajstić information content (AvgIpc) is 2.82. The van der Waals surface area contributed by atoms with Crippen LogP contribution in [-0.2, 0) is 24.0 Å². The summed E-state index contributed by atoms with van der Waals surface area (Å²) in [5.41, 5.74) is -0.534. The van der Waals surface area contributed by atoms with Gasteiger partial charge >= 0.3 is 0 Å². The minimum absolute atomic E-state index is 0.0189. The van der Waals surface area contributed by atoms with Gasteiger partial charge in [0.25, 0.3) is 0 Å². The molecule has 1 saturated carbocycles. The predicted molar refractivity (Wildman–Crippen MR) is 89.0 cm³/mol. The van der Waals surface area contributed by atoms with E-state index in [1.165, 1.54) is 6.42 Å². The molecule has 0 unspecified atom stereocenters. The van der Waals surface area contributed by atoms with Gasteiger partial charge in [-0.3, -0.25) is 0 Å². The maximum Gasteiger partial charge on any atom is 0.201 e. The number of aliphatic hydroxyl groups is 1. The van der Waals surface area contributed by atoms with Gasteiger partial charge in [0.05, 0.1) is 13.2 Å². The maximum atomic E-state index is 8.86. The van der Waals surface area contributed by atoms with Crippen molar-refractivity contribution in [2.75, 3.05) is 13.2 Å². The summed E-state index contributed by atoms with van der Waals surface area (Å²) in [5.74, 6) is 0.648. The zero-order valence-corrected chi connectivity index (χ0v) is 15.3. The van der Waals surface area contributed by atoms with Gasteiger partial charge in [-0.15, -0.1) is 0 Å². The van der Waals surface area contributed by atoms with Crippen molar-refractivity contribution in [3.8, 4) is 0 Å². The van der Waals surface area contributed by atoms with Crippen molar-refractivity contribution < 1.29 is 29.1 Å². The van der Waals surface area contributed by atoms with Gasteiger partial charge < -0.3 is 19.3 Å². The Morgan fingerprint density at radius 1 is 1.12 bits per heavy atom. The van der Waals surface area contributed by atoms with Gasteiger partial charge in [-0.2, -0.15) is 0 Å². The second-order valence-corrected chi connectivity index (χ2v) is 8.26. The van der Waals surface area contributed by atoms with Crippen LogP contribution in [0.2, 0.25) is 0 Å². The van der Waals surface area contributed by atoms with E-state index in [0.717, 1.165) is 19.3 Å². The van der Waals surface area contributed by atoms with Crippen molar-refractivity contribution in [1.29, 1.82) is 0 Å². The normalized spacial score (nSPS) is 52.2. The van der Waals surface area contributed by atoms with Crippen LogP contribution in [0.4, 0.5) is 0 Å². The summed E-state index contributed by atoms with van der Waals surface area (Å²) in [7, 11) is 0. The Morgan fingerprint density at radius 2 is 1.96 bits per heavy atom. The van der Waals surface area contributed by atoms with Gasteiger partial charge in [-0.05, 0) is 38.0 Å². The Labute approximate surface area is 149 Å². The Morgan fingerprint density at radius 3 is 2.76 bits per heavy atom. The summed E-state index contributed by atoms with van der Waals surface area (Å²) in [5, 5.41) is 8.86. The molecule has 5 rings (SSSR count). The smallest absolute Gasteiger partial charge is 0.201 e. The fourth-order valence-electron chi connectivity index (χ4n) is 5.36. The van der Waals surface area contributed by atoms with E-state index in [-0.39, 0.29) is 24.7 Å². The number of ether oxygens (including phenoxy) is 3. The van der Waals surface area contributed by atoms with Crippen LogP contribution >= 0.6 is 0 Å². The third-order valence-corrected chi connectivity index (χ3v) is 6.73. The van der Waals surface area contributed by atoms with Crippen LogP contribution in [-0.4, -0.2) is 42.3 Å². The molecule has 0 aromatic heterocycles. The highest BCUT2D eigenvalue weighted by Gasteiger charge is 2.69. The highest BCUT2D eigenvalue weighted by atomic mass is 17.3. The van der Waals surface area contributed by atoms with Crippen LogP contribution in [0, 0.1) is 23.7 Å². The zero-order valence-electron chi connectivity index (χ0n) is 15.3. The minimum atomic E-state index is -0.751. The van der Waals surface area contributed by atoms with E-state index in [1.54, 1.807) is 6.08 Å². The second kappa shape index (κ2) is 6.59. The maximum absolute atomic E-state index is 8.86. The first-order valence-electron chi connectivity index (χ1n) is 9.58. The molecule has 4 aliphatic heterocycles. The van der Waals surface area contributed by atoms with Crippen LogP contribution in [0.25, 0.3) is 0 Å². The summed E-state index contributed by atoms with van der Waals surface area (Å²) in [6.45, 7) is 6.84. The zero-order chi connectivity index (χ0) is 17.7. The first kappa shape index (κ1) is 17.9. The number of hydrogen-bond acceptors (Lipinski definition) is 6. The van der Waals surface area contributed by atoms with Crippen molar-refractivity contribution in [1.82, 2.24) is 0 Å². The Bertz CT molecular complexity index is 524. The fourth-order valence-corrected chi connectivity index (χ4v) is 5.36. The quantitative estimate of drug-likeness (QED) is 0.619. The van der Waals surface area contributed by atoms with Gasteiger partial charge in [-0.25, -0.2) is 9.78 Å². The second-order valence-electron chi connectivity index (χ2n) is 8.26. The molecule has 0 amide bonds. The molecule has 142 valence electrons. The van der Waals surface area contributed by atoms with Crippen molar-refractivity contribution in [3.63, 3.8) is 0 Å². The molecule has 4 heterocycles. The van der Waals surface area contributed by atoms with Crippen LogP contribution in [0.1, 0.15) is 46.5 Å². The standard InChI is InChI=1S/C19H30O6/c1-12-6-7-15-13(2)16(21-11-5-4-10-20)22-17-19(15)14(12)8-9-18(3,23-17)24-25-19/h4-5,12-17,20H,6-11H2,1-3H3/b5-4-/t12-,13-,14+,15+,16+,17-,18-,19-/m1/s1. The van der Waals surface area contributed by atoms with Gasteiger partial charge in [0.1, 0.15) is 0 Å². The molecule has 1 N–H and O–H groups in total. The van der Waals surface area contributed by atoms with E-state index < -0.39 is 17.7 Å². The number of hydrogen-bond donors (Lipinski definition) is 1. The summed E-state index contributed by atoms with van der Waals surface area (Å²) in [4.78, 5) is 11.9. The lowest BCUT2D eigenvalue weighted by atomic mass is 9.58. The lowest BCUT2D eigenvalue weighted by Gasteiger charge is -2.60. The lowest BCUT2D eigenvalue weighted by molar-refractivity contribution is -0.577. The summed E-state index contributed by atoms with van der Waals surface area (Å²) < 4.78 is 18.5. The molecule has 0 aromatic carbocycles. The third kappa shape index (κ3) is 2.78. The Balaban J connectivity index is 1.62.